The average molecular weight is 630 g/mol. The maximum atomic E-state index is 13.3. The topological polar surface area (TPSA) is 188 Å². The van der Waals surface area contributed by atoms with Gasteiger partial charge in [0.1, 0.15) is 29.3 Å². The fourth-order valence-electron chi connectivity index (χ4n) is 6.00. The molecule has 3 fully saturated rings. The molecule has 1 radical (unpaired) electrons. The van der Waals surface area contributed by atoms with E-state index in [9.17, 15) is 29.4 Å². The summed E-state index contributed by atoms with van der Waals surface area (Å²) in [6.07, 6.45) is 6.25. The fourth-order valence-corrected chi connectivity index (χ4v) is 6.55. The quantitative estimate of drug-likeness (QED) is 0.111. The number of nitrogens with two attached hydrogens (primary N) is 1. The molecule has 15 heteroatoms. The van der Waals surface area contributed by atoms with Gasteiger partial charge in [0.05, 0.1) is 6.04 Å². The second kappa shape index (κ2) is 13.1. The number of aromatic nitrogens is 1. The predicted molar refractivity (Wildman–Crippen MR) is 162 cm³/mol. The molecule has 225 valence electrons. The van der Waals surface area contributed by atoms with Crippen LogP contribution in [0.2, 0.25) is 0 Å². The van der Waals surface area contributed by atoms with Gasteiger partial charge in [0.25, 0.3) is 17.7 Å². The zero-order valence-corrected chi connectivity index (χ0v) is 26.9. The second-order valence-electron chi connectivity index (χ2n) is 10.9. The summed E-state index contributed by atoms with van der Waals surface area (Å²) in [7, 11) is 0. The van der Waals surface area contributed by atoms with E-state index in [2.05, 4.69) is 15.5 Å². The minimum Gasteiger partial charge on any atom is -0.508 e. The van der Waals surface area contributed by atoms with Crippen LogP contribution in [0.25, 0.3) is 0 Å². The van der Waals surface area contributed by atoms with E-state index in [-0.39, 0.29) is 69.6 Å². The molecule has 2 atom stereocenters. The summed E-state index contributed by atoms with van der Waals surface area (Å²) in [6, 6.07) is 4.72. The van der Waals surface area contributed by atoms with Crippen molar-refractivity contribution in [3.05, 3.63) is 58.3 Å². The number of carbonyl (C=O) groups is 4. The van der Waals surface area contributed by atoms with Crippen molar-refractivity contribution in [2.45, 2.75) is 63.1 Å². The first kappa shape index (κ1) is 31.7. The molecule has 1 aromatic heterocycles. The molecule has 2 aromatic rings. The normalized spacial score (nSPS) is 23.0. The molecule has 1 saturated carbocycles. The number of amides is 3. The minimum absolute atomic E-state index is 0. The zero-order valence-electron chi connectivity index (χ0n) is 24.1. The Morgan fingerprint density at radius 3 is 2.52 bits per heavy atom. The van der Waals surface area contributed by atoms with Crippen LogP contribution < -0.4 is 16.0 Å². The molecule has 0 unspecified atom stereocenters. The van der Waals surface area contributed by atoms with E-state index < -0.39 is 29.9 Å². The number of allylic oxidation sites excluding steroid dienone is 2. The number of benzene rings is 1. The molecule has 0 bridgehead atoms. The van der Waals surface area contributed by atoms with E-state index >= 15 is 0 Å². The first-order valence-electron chi connectivity index (χ1n) is 14.1. The van der Waals surface area contributed by atoms with Crippen LogP contribution in [0, 0.1) is 0 Å². The van der Waals surface area contributed by atoms with E-state index in [4.69, 9.17) is 10.6 Å². The number of carbonyl (C=O) groups excluding carboxylic acids is 3. The number of anilines is 2. The van der Waals surface area contributed by atoms with Gasteiger partial charge in [-0.15, -0.1) is 11.3 Å². The first-order chi connectivity index (χ1) is 20.7. The second-order valence-corrected chi connectivity index (χ2v) is 11.7. The standard InChI is InChI=1S/C29H30N6O7S.Na/c30-29-31-20(14-43-29)22(33-42-19-3-1-2-4-19)25(37)32-23-21-10-5-15(24(28(40)41)35(21)27(23)39)13-16-11-12-34(26(16)38)17-6-8-18(36)9-7-17;/h6-9,13-14,19,21,23,36H,1-5,10-12H2,(H2,30,31)(H,32,37)(H,40,41);/t21-,23+;/m1./s1. The number of phenols is 1. The molecule has 44 heavy (non-hydrogen) atoms. The number of aliphatic carboxylic acids is 1. The Hall–Kier alpha value is -3.72. The number of β-lactam (4-membered cyclic amide) rings is 1. The fraction of sp³-hybridized carbons (Fsp3) is 0.379. The number of hydrogen-bond donors (Lipinski definition) is 4. The van der Waals surface area contributed by atoms with Crippen LogP contribution in [0.1, 0.15) is 50.6 Å². The Morgan fingerprint density at radius 1 is 1.14 bits per heavy atom. The summed E-state index contributed by atoms with van der Waals surface area (Å²) in [4.78, 5) is 64.6. The molecule has 3 aliphatic heterocycles. The van der Waals surface area contributed by atoms with E-state index in [1.165, 1.54) is 17.0 Å². The van der Waals surface area contributed by atoms with Crippen molar-refractivity contribution in [2.75, 3.05) is 17.2 Å². The summed E-state index contributed by atoms with van der Waals surface area (Å²) in [6.45, 7) is 0.406. The molecule has 4 aliphatic rings. The van der Waals surface area contributed by atoms with Crippen molar-refractivity contribution in [1.82, 2.24) is 15.2 Å². The maximum absolute atomic E-state index is 13.3. The molecule has 6 rings (SSSR count). The maximum Gasteiger partial charge on any atom is 0.352 e. The number of rotatable bonds is 8. The number of nitrogen functional groups attached to an aromatic ring is 1. The van der Waals surface area contributed by atoms with Gasteiger partial charge in [-0.1, -0.05) is 5.16 Å². The van der Waals surface area contributed by atoms with E-state index in [1.807, 2.05) is 0 Å². The van der Waals surface area contributed by atoms with Gasteiger partial charge in [-0.05, 0) is 80.9 Å². The summed E-state index contributed by atoms with van der Waals surface area (Å²) < 4.78 is 0. The Morgan fingerprint density at radius 2 is 1.86 bits per heavy atom. The minimum atomic E-state index is -1.29. The van der Waals surface area contributed by atoms with Crippen molar-refractivity contribution in [3.63, 3.8) is 0 Å². The zero-order chi connectivity index (χ0) is 30.2. The van der Waals surface area contributed by atoms with E-state index in [1.54, 1.807) is 28.5 Å². The monoisotopic (exact) mass is 629 g/mol. The number of carboxylic acid groups (broad SMARTS) is 1. The van der Waals surface area contributed by atoms with Crippen LogP contribution in [0.15, 0.2) is 57.7 Å². The Balaban J connectivity index is 0.00000384. The third-order valence-electron chi connectivity index (χ3n) is 8.17. The predicted octanol–water partition coefficient (Wildman–Crippen LogP) is 1.90. The number of phenolic OH excluding ortho intramolecular Hbond substituents is 1. The summed E-state index contributed by atoms with van der Waals surface area (Å²) in [5.41, 5.74) is 7.14. The molecule has 1 aliphatic carbocycles. The number of nitrogens with one attached hydrogen (secondary N) is 1. The van der Waals surface area contributed by atoms with Gasteiger partial charge in [0, 0.05) is 52.7 Å². The Kier molecular flexibility index (Phi) is 9.44. The van der Waals surface area contributed by atoms with Crippen LogP contribution in [0.4, 0.5) is 10.8 Å². The molecule has 5 N–H and O–H groups in total. The molecule has 0 spiro atoms. The van der Waals surface area contributed by atoms with Crippen LogP contribution in [-0.2, 0) is 24.0 Å². The van der Waals surface area contributed by atoms with Crippen LogP contribution in [0.5, 0.6) is 5.75 Å². The smallest absolute Gasteiger partial charge is 0.352 e. The van der Waals surface area contributed by atoms with Gasteiger partial charge in [-0.2, -0.15) is 0 Å². The molecule has 4 heterocycles. The number of fused-ring (bicyclic) bond motifs is 1. The number of hydrogen-bond acceptors (Lipinski definition) is 10. The Bertz CT molecular complexity index is 1580. The Labute approximate surface area is 278 Å². The molecular formula is C29H30N6NaO7S. The molecule has 3 amide bonds. The number of carboxylic acids is 1. The largest absolute Gasteiger partial charge is 0.508 e. The summed E-state index contributed by atoms with van der Waals surface area (Å²) in [5.74, 6) is -2.70. The number of oxime groups is 1. The van der Waals surface area contributed by atoms with Crippen molar-refractivity contribution < 1.29 is 34.2 Å². The van der Waals surface area contributed by atoms with Crippen molar-refractivity contribution in [2.24, 2.45) is 5.16 Å². The number of nitrogens with zero attached hydrogens (tertiary/aromatic N) is 4. The van der Waals surface area contributed by atoms with Gasteiger partial charge < -0.3 is 31.0 Å². The number of aromatic hydroxyl groups is 1. The van der Waals surface area contributed by atoms with Gasteiger partial charge in [0.15, 0.2) is 10.8 Å². The van der Waals surface area contributed by atoms with E-state index in [0.717, 1.165) is 37.0 Å². The molecule has 1 aromatic carbocycles. The third kappa shape index (κ3) is 6.11. The molecule has 2 saturated heterocycles. The van der Waals surface area contributed by atoms with Crippen molar-refractivity contribution in [1.29, 1.82) is 0 Å². The average Bonchev–Trinajstić information content (AvgIpc) is 3.75. The van der Waals surface area contributed by atoms with Gasteiger partial charge in [-0.3, -0.25) is 19.3 Å². The third-order valence-corrected chi connectivity index (χ3v) is 8.85. The van der Waals surface area contributed by atoms with Crippen LogP contribution in [0.3, 0.4) is 0 Å². The van der Waals surface area contributed by atoms with E-state index in [0.29, 0.717) is 42.6 Å². The molecule has 13 nitrogen and oxygen atoms in total. The first-order valence-corrected chi connectivity index (χ1v) is 15.0. The summed E-state index contributed by atoms with van der Waals surface area (Å²) in [5, 5.41) is 28.3. The van der Waals surface area contributed by atoms with Crippen LogP contribution in [-0.4, -0.2) is 104 Å². The SMILES string of the molecule is Nc1nc(C(=NOC2CCCC2)C(=O)N[C@@H]2C(=O)N3C(C(=O)O)=C(C=C4CCN(c5ccc(O)cc5)C4=O)CC[C@H]23)cs1.[Na]. The summed E-state index contributed by atoms with van der Waals surface area (Å²) >= 11 is 1.14. The van der Waals surface area contributed by atoms with Gasteiger partial charge >= 0.3 is 5.97 Å². The van der Waals surface area contributed by atoms with Crippen LogP contribution >= 0.6 is 11.3 Å². The van der Waals surface area contributed by atoms with Gasteiger partial charge in [-0.25, -0.2) is 9.78 Å². The van der Waals surface area contributed by atoms with Crippen molar-refractivity contribution >= 4 is 81.1 Å². The van der Waals surface area contributed by atoms with Crippen molar-refractivity contribution in [3.8, 4) is 5.75 Å². The molecular weight excluding hydrogens is 599 g/mol. The number of thiazole rings is 1. The van der Waals surface area contributed by atoms with Gasteiger partial charge in [0.2, 0.25) is 0 Å².